The Morgan fingerprint density at radius 2 is 1.60 bits per heavy atom. The van der Waals surface area contributed by atoms with Crippen molar-refractivity contribution in [3.63, 3.8) is 0 Å². The topological polar surface area (TPSA) is 169 Å². The number of nitrogens with zero attached hydrogens (tertiary/aromatic N) is 4. The Labute approximate surface area is 239 Å². The molecule has 0 bridgehead atoms. The Balaban J connectivity index is 1.51. The van der Waals surface area contributed by atoms with Gasteiger partial charge < -0.3 is 5.11 Å². The molecule has 0 radical (unpaired) electrons. The van der Waals surface area contributed by atoms with Gasteiger partial charge in [0.1, 0.15) is 10.6 Å². The molecule has 42 heavy (non-hydrogen) atoms. The van der Waals surface area contributed by atoms with Crippen LogP contribution in [0.5, 0.6) is 0 Å². The van der Waals surface area contributed by atoms with Crippen LogP contribution in [0.3, 0.4) is 0 Å². The molecule has 0 aliphatic rings. The van der Waals surface area contributed by atoms with E-state index in [4.69, 9.17) is 5.10 Å². The molecule has 0 aliphatic carbocycles. The third-order valence-electron chi connectivity index (χ3n) is 6.07. The molecule has 1 heterocycles. The van der Waals surface area contributed by atoms with E-state index in [-0.39, 0.29) is 16.9 Å². The second-order valence-corrected chi connectivity index (χ2v) is 10.5. The number of carboxylic acid groups (broad SMARTS) is 1. The van der Waals surface area contributed by atoms with E-state index in [0.29, 0.717) is 11.3 Å². The number of hydrogen-bond acceptors (Lipinski definition) is 8. The van der Waals surface area contributed by atoms with E-state index >= 15 is 0 Å². The maximum absolute atomic E-state index is 13.4. The smallest absolute Gasteiger partial charge is 0.337 e. The second kappa shape index (κ2) is 11.7. The van der Waals surface area contributed by atoms with Crippen LogP contribution in [0.25, 0.3) is 16.9 Å². The summed E-state index contributed by atoms with van der Waals surface area (Å²) in [4.78, 5) is 21.8. The van der Waals surface area contributed by atoms with Crippen LogP contribution in [0.2, 0.25) is 0 Å². The molecular weight excluding hydrogens is 560 g/mol. The minimum Gasteiger partial charge on any atom is -0.478 e. The van der Waals surface area contributed by atoms with Gasteiger partial charge in [-0.1, -0.05) is 60.7 Å². The molecule has 12 nitrogen and oxygen atoms in total. The summed E-state index contributed by atoms with van der Waals surface area (Å²) in [6.45, 7) is 0. The summed E-state index contributed by atoms with van der Waals surface area (Å²) in [7, 11) is -4.50. The lowest BCUT2D eigenvalue weighted by atomic mass is 10.1. The van der Waals surface area contributed by atoms with Gasteiger partial charge in [-0.3, -0.25) is 20.3 Å². The van der Waals surface area contributed by atoms with Gasteiger partial charge in [-0.15, -0.1) is 0 Å². The lowest BCUT2D eigenvalue weighted by molar-refractivity contribution is -0.385. The zero-order chi connectivity index (χ0) is 29.7. The lowest BCUT2D eigenvalue weighted by Crippen LogP contribution is -2.17. The number of nitrogens with one attached hydrogen (secondary N) is 2. The van der Waals surface area contributed by atoms with Crippen LogP contribution >= 0.6 is 0 Å². The lowest BCUT2D eigenvalue weighted by Gasteiger charge is -2.13. The highest BCUT2D eigenvalue weighted by atomic mass is 32.2. The number of rotatable bonds is 10. The van der Waals surface area contributed by atoms with Crippen molar-refractivity contribution in [3.8, 4) is 16.9 Å². The fourth-order valence-electron chi connectivity index (χ4n) is 4.08. The van der Waals surface area contributed by atoms with E-state index < -0.39 is 31.5 Å². The van der Waals surface area contributed by atoms with Gasteiger partial charge in [0.05, 0.1) is 33.8 Å². The van der Waals surface area contributed by atoms with Crippen LogP contribution in [0.1, 0.15) is 15.9 Å². The van der Waals surface area contributed by atoms with Crippen molar-refractivity contribution in [3.05, 3.63) is 131 Å². The Bertz CT molecular complexity index is 1910. The first-order valence-electron chi connectivity index (χ1n) is 12.4. The molecule has 13 heteroatoms. The van der Waals surface area contributed by atoms with Crippen LogP contribution in [-0.2, 0) is 10.0 Å². The van der Waals surface area contributed by atoms with Gasteiger partial charge in [-0.2, -0.15) is 10.2 Å². The molecule has 3 N–H and O–H groups in total. The number of benzene rings is 4. The van der Waals surface area contributed by atoms with Gasteiger partial charge in [-0.25, -0.2) is 17.9 Å². The first-order chi connectivity index (χ1) is 20.2. The van der Waals surface area contributed by atoms with Gasteiger partial charge in [-0.05, 0) is 30.3 Å². The van der Waals surface area contributed by atoms with E-state index in [1.165, 1.54) is 36.5 Å². The number of aromatic nitrogens is 2. The molecule has 0 amide bonds. The molecule has 0 aliphatic heterocycles. The van der Waals surface area contributed by atoms with Gasteiger partial charge in [0, 0.05) is 29.5 Å². The maximum atomic E-state index is 13.4. The molecule has 210 valence electrons. The predicted molar refractivity (Wildman–Crippen MR) is 158 cm³/mol. The van der Waals surface area contributed by atoms with Crippen molar-refractivity contribution in [2.75, 3.05) is 10.1 Å². The molecule has 0 fully saturated rings. The highest BCUT2D eigenvalue weighted by Crippen LogP contribution is 2.30. The highest BCUT2D eigenvalue weighted by Gasteiger charge is 2.24. The molecule has 0 atom stereocenters. The van der Waals surface area contributed by atoms with Gasteiger partial charge in [0.2, 0.25) is 0 Å². The monoisotopic (exact) mass is 582 g/mol. The largest absolute Gasteiger partial charge is 0.478 e. The van der Waals surface area contributed by atoms with E-state index in [1.54, 1.807) is 10.9 Å². The third kappa shape index (κ3) is 6.00. The first kappa shape index (κ1) is 27.7. The average Bonchev–Trinajstić information content (AvgIpc) is 3.42. The quantitative estimate of drug-likeness (QED) is 0.112. The Morgan fingerprint density at radius 1 is 0.929 bits per heavy atom. The fourth-order valence-corrected chi connectivity index (χ4v) is 5.34. The van der Waals surface area contributed by atoms with Crippen LogP contribution in [-0.4, -0.2) is 40.4 Å². The Kier molecular flexibility index (Phi) is 7.75. The summed E-state index contributed by atoms with van der Waals surface area (Å²) in [5.41, 5.74) is 4.49. The van der Waals surface area contributed by atoms with E-state index in [2.05, 4.69) is 15.2 Å². The minimum atomic E-state index is -4.50. The van der Waals surface area contributed by atoms with Gasteiger partial charge >= 0.3 is 5.97 Å². The molecular formula is C29H22N6O6S. The number of anilines is 2. The molecule has 0 saturated heterocycles. The normalized spacial score (nSPS) is 11.3. The number of aromatic carboxylic acids is 1. The Hall–Kier alpha value is -5.82. The van der Waals surface area contributed by atoms with Crippen molar-refractivity contribution in [2.45, 2.75) is 4.90 Å². The van der Waals surface area contributed by atoms with Crippen LogP contribution < -0.4 is 10.1 Å². The summed E-state index contributed by atoms with van der Waals surface area (Å²) in [6, 6.07) is 27.5. The molecule has 0 spiro atoms. The molecule has 4 aromatic carbocycles. The number of non-ortho nitro benzene ring substituents is 1. The first-order valence-corrected chi connectivity index (χ1v) is 13.8. The van der Waals surface area contributed by atoms with E-state index in [9.17, 15) is 28.4 Å². The zero-order valence-electron chi connectivity index (χ0n) is 21.7. The van der Waals surface area contributed by atoms with Crippen molar-refractivity contribution in [1.82, 2.24) is 9.78 Å². The number of carboxylic acids is 1. The number of hydrogen-bond donors (Lipinski definition) is 3. The number of para-hydroxylation sites is 2. The predicted octanol–water partition coefficient (Wildman–Crippen LogP) is 5.39. The summed E-state index contributed by atoms with van der Waals surface area (Å²) in [6.07, 6.45) is 3.22. The van der Waals surface area contributed by atoms with Crippen molar-refractivity contribution >= 4 is 39.3 Å². The van der Waals surface area contributed by atoms with Crippen molar-refractivity contribution < 1.29 is 23.2 Å². The Morgan fingerprint density at radius 3 is 2.29 bits per heavy atom. The summed E-state index contributed by atoms with van der Waals surface area (Å²) in [5, 5.41) is 29.8. The van der Waals surface area contributed by atoms with Gasteiger partial charge in [0.25, 0.3) is 15.7 Å². The van der Waals surface area contributed by atoms with Crippen molar-refractivity contribution in [1.29, 1.82) is 0 Å². The van der Waals surface area contributed by atoms with Crippen LogP contribution in [0.15, 0.2) is 119 Å². The average molecular weight is 583 g/mol. The molecule has 5 rings (SSSR count). The van der Waals surface area contributed by atoms with E-state index in [1.807, 2.05) is 60.7 Å². The van der Waals surface area contributed by atoms with Gasteiger partial charge in [0.15, 0.2) is 0 Å². The van der Waals surface area contributed by atoms with E-state index in [0.717, 1.165) is 23.4 Å². The maximum Gasteiger partial charge on any atom is 0.337 e. The van der Waals surface area contributed by atoms with Crippen LogP contribution in [0, 0.1) is 10.1 Å². The molecule has 0 unspecified atom stereocenters. The highest BCUT2D eigenvalue weighted by molar-refractivity contribution is 7.93. The van der Waals surface area contributed by atoms with Crippen LogP contribution in [0.4, 0.5) is 17.1 Å². The zero-order valence-corrected chi connectivity index (χ0v) is 22.5. The number of carbonyl (C=O) groups is 1. The summed E-state index contributed by atoms with van der Waals surface area (Å²) < 4.78 is 30.6. The number of sulfonamides is 1. The number of hydrazone groups is 1. The standard InChI is InChI=1S/C29H22N6O6S/c36-29(37)24-13-7-8-14-25(24)33-42(40,41)27-17-23(35(38)39)15-16-26(27)31-30-18-21-19-34(22-11-5-2-6-12-22)32-28(21)20-9-3-1-4-10-20/h1-19,31,33H,(H,36,37). The molecule has 5 aromatic rings. The second-order valence-electron chi connectivity index (χ2n) is 8.84. The molecule has 1 aromatic heterocycles. The minimum absolute atomic E-state index is 0.0751. The van der Waals surface area contributed by atoms with Crippen molar-refractivity contribution in [2.24, 2.45) is 5.10 Å². The molecule has 0 saturated carbocycles. The SMILES string of the molecule is O=C(O)c1ccccc1NS(=O)(=O)c1cc([N+](=O)[O-])ccc1NN=Cc1cn(-c2ccccc2)nc1-c1ccccc1. The number of nitro groups is 1. The fraction of sp³-hybridized carbons (Fsp3) is 0. The third-order valence-corrected chi connectivity index (χ3v) is 7.47. The summed E-state index contributed by atoms with van der Waals surface area (Å²) >= 11 is 0. The number of nitro benzene ring substituents is 1. The summed E-state index contributed by atoms with van der Waals surface area (Å²) in [5.74, 6) is -1.35.